The molecule has 3 aromatic rings. The van der Waals surface area contributed by atoms with E-state index in [1.165, 1.54) is 10.5 Å². The largest absolute Gasteiger partial charge is 0.497 e. The van der Waals surface area contributed by atoms with Crippen LogP contribution in [0.5, 0.6) is 5.75 Å². The first-order valence-electron chi connectivity index (χ1n) is 9.63. The highest BCUT2D eigenvalue weighted by Crippen LogP contribution is 2.22. The fourth-order valence-corrected chi connectivity index (χ4v) is 4.08. The van der Waals surface area contributed by atoms with E-state index >= 15 is 0 Å². The van der Waals surface area contributed by atoms with Crippen molar-refractivity contribution < 1.29 is 19.0 Å². The summed E-state index contributed by atoms with van der Waals surface area (Å²) in [6.07, 6.45) is 0. The predicted molar refractivity (Wildman–Crippen MR) is 109 cm³/mol. The number of piperazine rings is 1. The molecule has 0 unspecified atom stereocenters. The maximum Gasteiger partial charge on any atom is 0.336 e. The van der Waals surface area contributed by atoms with E-state index in [2.05, 4.69) is 12.1 Å². The second-order valence-electron chi connectivity index (χ2n) is 7.43. The quantitative estimate of drug-likeness (QED) is 0.627. The summed E-state index contributed by atoms with van der Waals surface area (Å²) in [7, 11) is 1.61. The van der Waals surface area contributed by atoms with Crippen molar-refractivity contribution in [2.75, 3.05) is 33.3 Å². The van der Waals surface area contributed by atoms with Gasteiger partial charge >= 0.3 is 5.63 Å². The van der Waals surface area contributed by atoms with Crippen molar-refractivity contribution in [1.29, 1.82) is 0 Å². The molecule has 2 heterocycles. The highest BCUT2D eigenvalue weighted by molar-refractivity contribution is 6.30. The Balaban J connectivity index is 1.42. The van der Waals surface area contributed by atoms with E-state index in [-0.39, 0.29) is 5.63 Å². The lowest BCUT2D eigenvalue weighted by Crippen LogP contribution is -3.27. The average Bonchev–Trinajstić information content (AvgIpc) is 2.70. The van der Waals surface area contributed by atoms with Crippen LogP contribution in [-0.2, 0) is 13.1 Å². The van der Waals surface area contributed by atoms with Crippen LogP contribution >= 0.6 is 11.6 Å². The Bertz CT molecular complexity index is 1010. The first kappa shape index (κ1) is 19.0. The van der Waals surface area contributed by atoms with Gasteiger partial charge in [-0.1, -0.05) is 23.7 Å². The third-order valence-electron chi connectivity index (χ3n) is 5.51. The first-order valence-corrected chi connectivity index (χ1v) is 10.0. The molecule has 2 N–H and O–H groups in total. The van der Waals surface area contributed by atoms with E-state index in [1.54, 1.807) is 24.1 Å². The van der Waals surface area contributed by atoms with Crippen LogP contribution in [-0.4, -0.2) is 33.3 Å². The monoisotopic (exact) mass is 400 g/mol. The fourth-order valence-electron chi connectivity index (χ4n) is 3.95. The van der Waals surface area contributed by atoms with Gasteiger partial charge in [0.1, 0.15) is 50.6 Å². The standard InChI is InChI=1S/C22H23ClN2O3/c1-27-19-6-7-20-17(12-22(26)28-21(20)13-19)15-25-10-8-24(9-11-25)14-16-2-4-18(23)5-3-16/h2-7,12-13H,8-11,14-15H2,1H3/p+2. The van der Waals surface area contributed by atoms with Crippen molar-refractivity contribution in [2.45, 2.75) is 13.1 Å². The lowest BCUT2D eigenvalue weighted by molar-refractivity contribution is -1.02. The Morgan fingerprint density at radius 2 is 1.64 bits per heavy atom. The van der Waals surface area contributed by atoms with E-state index in [1.807, 2.05) is 24.3 Å². The number of nitrogens with one attached hydrogen (secondary N) is 2. The van der Waals surface area contributed by atoms with Crippen molar-refractivity contribution in [2.24, 2.45) is 0 Å². The molecule has 0 saturated carbocycles. The van der Waals surface area contributed by atoms with E-state index in [0.29, 0.717) is 11.3 Å². The lowest BCUT2D eigenvalue weighted by Gasteiger charge is -2.30. The Labute approximate surface area is 169 Å². The number of halogens is 1. The zero-order chi connectivity index (χ0) is 19.5. The van der Waals surface area contributed by atoms with Gasteiger partial charge in [-0.2, -0.15) is 0 Å². The van der Waals surface area contributed by atoms with Gasteiger partial charge in [0.25, 0.3) is 0 Å². The Hall–Kier alpha value is -2.34. The van der Waals surface area contributed by atoms with Gasteiger partial charge in [-0.05, 0) is 24.3 Å². The minimum atomic E-state index is -0.304. The summed E-state index contributed by atoms with van der Waals surface area (Å²) in [5, 5.41) is 1.77. The first-order chi connectivity index (χ1) is 13.6. The summed E-state index contributed by atoms with van der Waals surface area (Å²) >= 11 is 5.97. The number of ether oxygens (including phenoxy) is 1. The van der Waals surface area contributed by atoms with E-state index < -0.39 is 0 Å². The summed E-state index contributed by atoms with van der Waals surface area (Å²) in [4.78, 5) is 15.1. The van der Waals surface area contributed by atoms with Crippen LogP contribution in [0, 0.1) is 0 Å². The zero-order valence-corrected chi connectivity index (χ0v) is 16.7. The molecule has 0 bridgehead atoms. The molecule has 0 radical (unpaired) electrons. The molecule has 146 valence electrons. The molecule has 1 aliphatic heterocycles. The van der Waals surface area contributed by atoms with Gasteiger partial charge in [0.2, 0.25) is 0 Å². The van der Waals surface area contributed by atoms with Gasteiger partial charge in [-0.25, -0.2) is 4.79 Å². The number of benzene rings is 2. The third kappa shape index (κ3) is 4.38. The third-order valence-corrected chi connectivity index (χ3v) is 5.76. The Kier molecular flexibility index (Phi) is 5.67. The normalized spacial score (nSPS) is 19.6. The Morgan fingerprint density at radius 1 is 0.964 bits per heavy atom. The van der Waals surface area contributed by atoms with Gasteiger partial charge in [0.05, 0.1) is 7.11 Å². The van der Waals surface area contributed by atoms with Gasteiger partial charge in [-0.15, -0.1) is 0 Å². The highest BCUT2D eigenvalue weighted by Gasteiger charge is 2.24. The maximum absolute atomic E-state index is 12.0. The number of fused-ring (bicyclic) bond motifs is 1. The number of rotatable bonds is 5. The summed E-state index contributed by atoms with van der Waals surface area (Å²) in [6.45, 7) is 6.27. The molecule has 4 rings (SSSR count). The van der Waals surface area contributed by atoms with Crippen molar-refractivity contribution in [3.8, 4) is 5.75 Å². The van der Waals surface area contributed by atoms with Gasteiger partial charge < -0.3 is 19.0 Å². The molecule has 0 amide bonds. The molecule has 1 fully saturated rings. The summed E-state index contributed by atoms with van der Waals surface area (Å²) < 4.78 is 10.6. The van der Waals surface area contributed by atoms with Crippen LogP contribution in [0.2, 0.25) is 5.02 Å². The van der Waals surface area contributed by atoms with Gasteiger partial charge in [0, 0.05) is 33.7 Å². The van der Waals surface area contributed by atoms with Crippen molar-refractivity contribution in [1.82, 2.24) is 0 Å². The van der Waals surface area contributed by atoms with E-state index in [0.717, 1.165) is 55.2 Å². The summed E-state index contributed by atoms with van der Waals surface area (Å²) in [6, 6.07) is 15.4. The zero-order valence-electron chi connectivity index (χ0n) is 16.0. The van der Waals surface area contributed by atoms with Gasteiger partial charge in [0.15, 0.2) is 0 Å². The molecule has 28 heavy (non-hydrogen) atoms. The molecular weight excluding hydrogens is 376 g/mol. The van der Waals surface area contributed by atoms with Crippen LogP contribution < -0.4 is 20.2 Å². The average molecular weight is 401 g/mol. The van der Waals surface area contributed by atoms with Crippen LogP contribution in [0.4, 0.5) is 0 Å². The number of quaternary nitrogens is 2. The number of hydrogen-bond acceptors (Lipinski definition) is 3. The molecule has 5 nitrogen and oxygen atoms in total. The minimum absolute atomic E-state index is 0.304. The summed E-state index contributed by atoms with van der Waals surface area (Å²) in [5.74, 6) is 0.694. The van der Waals surface area contributed by atoms with E-state index in [4.69, 9.17) is 20.8 Å². The maximum atomic E-state index is 12.0. The Morgan fingerprint density at radius 3 is 2.32 bits per heavy atom. The van der Waals surface area contributed by atoms with Crippen molar-refractivity contribution >= 4 is 22.6 Å². The molecule has 0 spiro atoms. The molecule has 1 saturated heterocycles. The molecule has 2 aromatic carbocycles. The predicted octanol–water partition coefficient (Wildman–Crippen LogP) is 0.939. The van der Waals surface area contributed by atoms with Crippen molar-refractivity contribution in [3.05, 3.63) is 75.1 Å². The number of hydrogen-bond donors (Lipinski definition) is 2. The van der Waals surface area contributed by atoms with Crippen LogP contribution in [0.25, 0.3) is 11.0 Å². The fraction of sp³-hybridized carbons (Fsp3) is 0.318. The smallest absolute Gasteiger partial charge is 0.336 e. The lowest BCUT2D eigenvalue weighted by atomic mass is 10.1. The second kappa shape index (κ2) is 8.35. The molecule has 1 aromatic heterocycles. The second-order valence-corrected chi connectivity index (χ2v) is 7.87. The van der Waals surface area contributed by atoms with Gasteiger partial charge in [-0.3, -0.25) is 0 Å². The summed E-state index contributed by atoms with van der Waals surface area (Å²) in [5.41, 5.74) is 2.66. The molecule has 0 atom stereocenters. The van der Waals surface area contributed by atoms with Crippen LogP contribution in [0.15, 0.2) is 57.7 Å². The topological polar surface area (TPSA) is 48.3 Å². The minimum Gasteiger partial charge on any atom is -0.497 e. The van der Waals surface area contributed by atoms with Crippen molar-refractivity contribution in [3.63, 3.8) is 0 Å². The highest BCUT2D eigenvalue weighted by atomic mass is 35.5. The van der Waals surface area contributed by atoms with E-state index in [9.17, 15) is 4.79 Å². The molecule has 6 heteroatoms. The SMILES string of the molecule is COc1ccc2c(C[NH+]3CC[NH+](Cc4ccc(Cl)cc4)CC3)cc(=O)oc2c1. The van der Waals surface area contributed by atoms with Crippen LogP contribution in [0.1, 0.15) is 11.1 Å². The molecule has 0 aliphatic carbocycles. The molecular formula is C22H25ClN2O3+2. The number of methoxy groups -OCH3 is 1. The molecule has 1 aliphatic rings. The van der Waals surface area contributed by atoms with Crippen LogP contribution in [0.3, 0.4) is 0 Å².